The van der Waals surface area contributed by atoms with Crippen LogP contribution in [-0.4, -0.2) is 12.5 Å². The normalized spacial score (nSPS) is 10.2. The van der Waals surface area contributed by atoms with E-state index < -0.39 is 0 Å². The number of nitrogens with one attached hydrogen (secondary N) is 1. The van der Waals surface area contributed by atoms with E-state index in [9.17, 15) is 4.79 Å². The van der Waals surface area contributed by atoms with Crippen molar-refractivity contribution in [3.05, 3.63) is 63.6 Å². The van der Waals surface area contributed by atoms with Crippen molar-refractivity contribution in [1.82, 2.24) is 5.32 Å². The van der Waals surface area contributed by atoms with Gasteiger partial charge in [0, 0.05) is 22.2 Å². The van der Waals surface area contributed by atoms with Gasteiger partial charge in [0.15, 0.2) is 6.61 Å². The van der Waals surface area contributed by atoms with E-state index in [2.05, 4.69) is 5.32 Å². The van der Waals surface area contributed by atoms with E-state index in [1.165, 1.54) is 0 Å². The number of hydrogen-bond donors (Lipinski definition) is 1. The maximum absolute atomic E-state index is 11.8. The van der Waals surface area contributed by atoms with Gasteiger partial charge in [0.05, 0.1) is 0 Å². The summed E-state index contributed by atoms with van der Waals surface area (Å²) >= 11 is 12.1. The molecule has 2 rings (SSSR count). The van der Waals surface area contributed by atoms with Crippen LogP contribution in [0.2, 0.25) is 10.0 Å². The van der Waals surface area contributed by atoms with Crippen molar-refractivity contribution in [2.45, 2.75) is 13.5 Å². The molecule has 1 amide bonds. The highest BCUT2D eigenvalue weighted by atomic mass is 35.5. The Labute approximate surface area is 133 Å². The van der Waals surface area contributed by atoms with Gasteiger partial charge in [0.2, 0.25) is 0 Å². The Morgan fingerprint density at radius 3 is 2.48 bits per heavy atom. The zero-order valence-corrected chi connectivity index (χ0v) is 13.0. The Balaban J connectivity index is 1.85. The quantitative estimate of drug-likeness (QED) is 0.903. The van der Waals surface area contributed by atoms with Crippen molar-refractivity contribution in [3.63, 3.8) is 0 Å². The van der Waals surface area contributed by atoms with Crippen LogP contribution in [0.4, 0.5) is 0 Å². The molecule has 21 heavy (non-hydrogen) atoms. The number of carbonyl (C=O) groups excluding carboxylic acids is 1. The molecule has 0 radical (unpaired) electrons. The summed E-state index contributed by atoms with van der Waals surface area (Å²) in [5.74, 6) is 0.438. The van der Waals surface area contributed by atoms with Gasteiger partial charge in [-0.05, 0) is 36.8 Å². The number of carbonyl (C=O) groups is 1. The molecule has 5 heteroatoms. The second kappa shape index (κ2) is 7.34. The summed E-state index contributed by atoms with van der Waals surface area (Å²) < 4.78 is 5.42. The lowest BCUT2D eigenvalue weighted by molar-refractivity contribution is -0.123. The summed E-state index contributed by atoms with van der Waals surface area (Å²) in [6.45, 7) is 2.19. The third-order valence-electron chi connectivity index (χ3n) is 2.88. The van der Waals surface area contributed by atoms with Crippen LogP contribution in [0, 0.1) is 6.92 Å². The third-order valence-corrected chi connectivity index (χ3v) is 3.59. The number of amides is 1. The fourth-order valence-corrected chi connectivity index (χ4v) is 2.32. The molecule has 0 spiro atoms. The van der Waals surface area contributed by atoms with Crippen LogP contribution in [0.25, 0.3) is 0 Å². The van der Waals surface area contributed by atoms with Crippen LogP contribution in [0.3, 0.4) is 0 Å². The second-order valence-electron chi connectivity index (χ2n) is 4.58. The average Bonchev–Trinajstić information content (AvgIpc) is 2.45. The van der Waals surface area contributed by atoms with Crippen molar-refractivity contribution in [3.8, 4) is 5.75 Å². The molecule has 0 bridgehead atoms. The minimum atomic E-state index is -0.229. The Bertz CT molecular complexity index is 624. The van der Waals surface area contributed by atoms with E-state index in [1.54, 1.807) is 18.2 Å². The molecule has 0 saturated carbocycles. The van der Waals surface area contributed by atoms with Crippen LogP contribution in [0.1, 0.15) is 11.1 Å². The Morgan fingerprint density at radius 2 is 1.81 bits per heavy atom. The second-order valence-corrected chi connectivity index (χ2v) is 5.40. The van der Waals surface area contributed by atoms with E-state index in [4.69, 9.17) is 27.9 Å². The SMILES string of the molecule is Cc1cccc(OCC(=O)NCc2c(Cl)cccc2Cl)c1. The molecule has 0 aromatic heterocycles. The first-order valence-corrected chi connectivity index (χ1v) is 7.21. The van der Waals surface area contributed by atoms with Crippen molar-refractivity contribution in [1.29, 1.82) is 0 Å². The third kappa shape index (κ3) is 4.66. The number of ether oxygens (including phenoxy) is 1. The van der Waals surface area contributed by atoms with Crippen molar-refractivity contribution < 1.29 is 9.53 Å². The van der Waals surface area contributed by atoms with Crippen molar-refractivity contribution >= 4 is 29.1 Å². The standard InChI is InChI=1S/C16H15Cl2NO2/c1-11-4-2-5-12(8-11)21-10-16(20)19-9-13-14(17)6-3-7-15(13)18/h2-8H,9-10H2,1H3,(H,19,20). The molecule has 0 aliphatic heterocycles. The molecule has 0 atom stereocenters. The minimum absolute atomic E-state index is 0.0501. The van der Waals surface area contributed by atoms with Gasteiger partial charge >= 0.3 is 0 Å². The summed E-state index contributed by atoms with van der Waals surface area (Å²) in [4.78, 5) is 11.8. The largest absolute Gasteiger partial charge is 0.484 e. The number of halogens is 2. The maximum atomic E-state index is 11.8. The molecule has 0 aliphatic rings. The number of rotatable bonds is 5. The number of benzene rings is 2. The van der Waals surface area contributed by atoms with Gasteiger partial charge in [-0.1, -0.05) is 41.4 Å². The highest BCUT2D eigenvalue weighted by molar-refractivity contribution is 6.36. The molecule has 0 heterocycles. The highest BCUT2D eigenvalue weighted by Gasteiger charge is 2.08. The summed E-state index contributed by atoms with van der Waals surface area (Å²) in [6, 6.07) is 12.8. The Kier molecular flexibility index (Phi) is 5.48. The molecule has 110 valence electrons. The van der Waals surface area contributed by atoms with Crippen LogP contribution in [-0.2, 0) is 11.3 Å². The van der Waals surface area contributed by atoms with E-state index in [0.717, 1.165) is 5.56 Å². The molecule has 0 saturated heterocycles. The lowest BCUT2D eigenvalue weighted by Gasteiger charge is -2.10. The average molecular weight is 324 g/mol. The predicted octanol–water partition coefficient (Wildman–Crippen LogP) is 4.00. The molecule has 2 aromatic carbocycles. The van der Waals surface area contributed by atoms with Gasteiger partial charge in [-0.3, -0.25) is 4.79 Å². The summed E-state index contributed by atoms with van der Waals surface area (Å²) in [5, 5.41) is 3.79. The number of hydrogen-bond acceptors (Lipinski definition) is 2. The van der Waals surface area contributed by atoms with Gasteiger partial charge in [-0.2, -0.15) is 0 Å². The van der Waals surface area contributed by atoms with Gasteiger partial charge < -0.3 is 10.1 Å². The van der Waals surface area contributed by atoms with Gasteiger partial charge in [-0.15, -0.1) is 0 Å². The predicted molar refractivity (Wildman–Crippen MR) is 85.0 cm³/mol. The van der Waals surface area contributed by atoms with Crippen LogP contribution in [0.15, 0.2) is 42.5 Å². The maximum Gasteiger partial charge on any atom is 0.258 e. The van der Waals surface area contributed by atoms with Crippen molar-refractivity contribution in [2.24, 2.45) is 0 Å². The van der Waals surface area contributed by atoms with E-state index >= 15 is 0 Å². The van der Waals surface area contributed by atoms with E-state index in [-0.39, 0.29) is 19.1 Å². The fraction of sp³-hybridized carbons (Fsp3) is 0.188. The van der Waals surface area contributed by atoms with Crippen molar-refractivity contribution in [2.75, 3.05) is 6.61 Å². The molecular formula is C16H15Cl2NO2. The topological polar surface area (TPSA) is 38.3 Å². The summed E-state index contributed by atoms with van der Waals surface area (Å²) in [7, 11) is 0. The molecule has 2 aromatic rings. The zero-order valence-electron chi connectivity index (χ0n) is 11.5. The lowest BCUT2D eigenvalue weighted by Crippen LogP contribution is -2.28. The molecule has 0 fully saturated rings. The van der Waals surface area contributed by atoms with Crippen LogP contribution in [0.5, 0.6) is 5.75 Å². The highest BCUT2D eigenvalue weighted by Crippen LogP contribution is 2.23. The molecule has 0 unspecified atom stereocenters. The Morgan fingerprint density at radius 1 is 1.14 bits per heavy atom. The molecular weight excluding hydrogens is 309 g/mol. The Hall–Kier alpha value is -1.71. The first kappa shape index (κ1) is 15.7. The summed E-state index contributed by atoms with van der Waals surface area (Å²) in [6.07, 6.45) is 0. The zero-order chi connectivity index (χ0) is 15.2. The van der Waals surface area contributed by atoms with Gasteiger partial charge in [0.25, 0.3) is 5.91 Å². The monoisotopic (exact) mass is 323 g/mol. The van der Waals surface area contributed by atoms with E-state index in [0.29, 0.717) is 21.4 Å². The minimum Gasteiger partial charge on any atom is -0.484 e. The van der Waals surface area contributed by atoms with Gasteiger partial charge in [-0.25, -0.2) is 0 Å². The first-order valence-electron chi connectivity index (χ1n) is 6.45. The lowest BCUT2D eigenvalue weighted by atomic mass is 10.2. The van der Waals surface area contributed by atoms with Crippen LogP contribution < -0.4 is 10.1 Å². The van der Waals surface area contributed by atoms with E-state index in [1.807, 2.05) is 31.2 Å². The smallest absolute Gasteiger partial charge is 0.258 e. The van der Waals surface area contributed by atoms with Gasteiger partial charge in [0.1, 0.15) is 5.75 Å². The fourth-order valence-electron chi connectivity index (χ4n) is 1.79. The molecule has 1 N–H and O–H groups in total. The summed E-state index contributed by atoms with van der Waals surface area (Å²) in [5.41, 5.74) is 1.78. The molecule has 0 aliphatic carbocycles. The van der Waals surface area contributed by atoms with Crippen LogP contribution >= 0.6 is 23.2 Å². The number of aryl methyl sites for hydroxylation is 1. The first-order chi connectivity index (χ1) is 10.1. The molecule has 3 nitrogen and oxygen atoms in total.